The second-order valence-corrected chi connectivity index (χ2v) is 13.9. The minimum atomic E-state index is -4.68. The van der Waals surface area contributed by atoms with Gasteiger partial charge in [-0.1, -0.05) is 36.4 Å². The molecule has 4 aromatic rings. The standard InChI is InChI=1S/C27H29F4N6O7PS/c1-13(2)42-23(40)14(3)36-45(46,44-17-10-6-8-15-7-4-5-9-16(15)17)41-11-26(24(28)29)27(30,31)19(38)22(43-26)37-12-33-18-20(37)34-25(32)35-21(18)39/h4-10,12-14,19,22,24,38H,11H2,1-3H3,(H,36,46)(H3,32,34,35,39)/t14-,19-,22+,26-,45?/m0/s1. The van der Waals surface area contributed by atoms with Crippen LogP contribution in [-0.4, -0.2) is 73.4 Å². The first-order valence-corrected chi connectivity index (χ1v) is 16.4. The zero-order valence-corrected chi connectivity index (χ0v) is 26.1. The Labute approximate surface area is 263 Å². The summed E-state index contributed by atoms with van der Waals surface area (Å²) in [5.41, 5.74) is 0.132. The Hall–Kier alpha value is -3.67. The van der Waals surface area contributed by atoms with Gasteiger partial charge in [0.2, 0.25) is 11.5 Å². The number of anilines is 1. The van der Waals surface area contributed by atoms with Gasteiger partial charge in [0.05, 0.1) is 19.0 Å². The summed E-state index contributed by atoms with van der Waals surface area (Å²) in [5, 5.41) is 14.5. The number of carbonyl (C=O) groups excluding carboxylic acids is 1. The highest BCUT2D eigenvalue weighted by atomic mass is 32.5. The van der Waals surface area contributed by atoms with E-state index in [4.69, 9.17) is 36.1 Å². The fraction of sp³-hybridized carbons (Fsp3) is 0.407. The number of aromatic amines is 1. The number of rotatable bonds is 11. The zero-order chi connectivity index (χ0) is 33.6. The van der Waals surface area contributed by atoms with Crippen molar-refractivity contribution in [3.8, 4) is 5.75 Å². The number of aliphatic hydroxyl groups is 1. The molecule has 0 radical (unpaired) electrons. The number of nitrogens with zero attached hydrogens (tertiary/aromatic N) is 3. The van der Waals surface area contributed by atoms with Crippen LogP contribution in [0.2, 0.25) is 0 Å². The number of imidazole rings is 1. The summed E-state index contributed by atoms with van der Waals surface area (Å²) >= 11 is 5.59. The Bertz CT molecular complexity index is 1870. The van der Waals surface area contributed by atoms with Crippen LogP contribution < -0.4 is 20.9 Å². The van der Waals surface area contributed by atoms with Crippen molar-refractivity contribution in [1.82, 2.24) is 24.6 Å². The third-order valence-electron chi connectivity index (χ3n) is 7.09. The largest absolute Gasteiger partial charge is 0.462 e. The molecule has 13 nitrogen and oxygen atoms in total. The lowest BCUT2D eigenvalue weighted by Crippen LogP contribution is -2.57. The molecule has 46 heavy (non-hydrogen) atoms. The molecule has 1 fully saturated rings. The fourth-order valence-corrected chi connectivity index (χ4v) is 7.23. The number of hydrogen-bond donors (Lipinski definition) is 4. The van der Waals surface area contributed by atoms with Gasteiger partial charge in [-0.2, -0.15) is 13.8 Å². The highest BCUT2D eigenvalue weighted by molar-refractivity contribution is 8.09. The van der Waals surface area contributed by atoms with E-state index in [1.165, 1.54) is 13.0 Å². The summed E-state index contributed by atoms with van der Waals surface area (Å²) < 4.78 is 83.9. The van der Waals surface area contributed by atoms with Gasteiger partial charge in [-0.15, -0.1) is 0 Å². The number of nitrogens with one attached hydrogen (secondary N) is 2. The van der Waals surface area contributed by atoms with E-state index in [0.717, 1.165) is 6.33 Å². The van der Waals surface area contributed by atoms with Gasteiger partial charge >= 0.3 is 18.5 Å². The van der Waals surface area contributed by atoms with Gasteiger partial charge in [0.25, 0.3) is 12.0 Å². The number of nitrogen functional groups attached to an aromatic ring is 1. The number of H-pyrrole nitrogens is 1. The van der Waals surface area contributed by atoms with Crippen LogP contribution in [0.15, 0.2) is 53.6 Å². The number of hydrogen-bond acceptors (Lipinski definition) is 11. The number of carbonyl (C=O) groups is 1. The second-order valence-electron chi connectivity index (χ2n) is 10.7. The quantitative estimate of drug-likeness (QED) is 0.102. The molecule has 2 aromatic heterocycles. The molecule has 1 saturated heterocycles. The average Bonchev–Trinajstić information content (AvgIpc) is 3.48. The number of alkyl halides is 4. The summed E-state index contributed by atoms with van der Waals surface area (Å²) in [6.45, 7) is -1.26. The van der Waals surface area contributed by atoms with E-state index >= 15 is 8.78 Å². The van der Waals surface area contributed by atoms with Gasteiger partial charge < -0.3 is 29.4 Å². The predicted octanol–water partition coefficient (Wildman–Crippen LogP) is 3.63. The molecule has 0 aliphatic carbocycles. The van der Waals surface area contributed by atoms with Crippen LogP contribution in [0.5, 0.6) is 5.75 Å². The maximum atomic E-state index is 15.8. The molecule has 5 N–H and O–H groups in total. The number of benzene rings is 2. The highest BCUT2D eigenvalue weighted by Crippen LogP contribution is 2.55. The van der Waals surface area contributed by atoms with Crippen LogP contribution in [0.3, 0.4) is 0 Å². The molecule has 5 atom stereocenters. The maximum absolute atomic E-state index is 15.8. The van der Waals surface area contributed by atoms with Crippen molar-refractivity contribution in [2.45, 2.75) is 63.2 Å². The number of aliphatic hydroxyl groups excluding tert-OH is 1. The van der Waals surface area contributed by atoms with E-state index < -0.39 is 78.8 Å². The van der Waals surface area contributed by atoms with E-state index in [0.29, 0.717) is 15.3 Å². The molecule has 248 valence electrons. The topological polar surface area (TPSA) is 176 Å². The zero-order valence-electron chi connectivity index (χ0n) is 24.4. The number of fused-ring (bicyclic) bond motifs is 2. The Balaban J connectivity index is 1.52. The van der Waals surface area contributed by atoms with Crippen LogP contribution in [0.4, 0.5) is 23.5 Å². The fourth-order valence-electron chi connectivity index (χ4n) is 4.82. The second kappa shape index (κ2) is 12.5. The molecular weight excluding hydrogens is 659 g/mol. The molecule has 0 saturated carbocycles. The van der Waals surface area contributed by atoms with Crippen molar-refractivity contribution in [2.24, 2.45) is 0 Å². The van der Waals surface area contributed by atoms with Crippen molar-refractivity contribution >= 4 is 52.3 Å². The van der Waals surface area contributed by atoms with Crippen LogP contribution >= 0.6 is 6.64 Å². The number of aromatic nitrogens is 4. The summed E-state index contributed by atoms with van der Waals surface area (Å²) in [6, 6.07) is 10.5. The lowest BCUT2D eigenvalue weighted by molar-refractivity contribution is -0.241. The van der Waals surface area contributed by atoms with Crippen LogP contribution in [0.25, 0.3) is 21.9 Å². The van der Waals surface area contributed by atoms with Crippen molar-refractivity contribution in [3.63, 3.8) is 0 Å². The Morgan fingerprint density at radius 3 is 2.63 bits per heavy atom. The number of esters is 1. The molecule has 1 aliphatic rings. The molecular formula is C27H29F4N6O7PS. The summed E-state index contributed by atoms with van der Waals surface area (Å²) in [5.74, 6) is -5.80. The molecule has 0 spiro atoms. The normalized spacial score (nSPS) is 23.2. The third-order valence-corrected chi connectivity index (χ3v) is 9.55. The van der Waals surface area contributed by atoms with Gasteiger partial charge in [-0.3, -0.25) is 19.1 Å². The Morgan fingerprint density at radius 2 is 1.93 bits per heavy atom. The van der Waals surface area contributed by atoms with Gasteiger partial charge in [0.15, 0.2) is 23.5 Å². The first-order valence-electron chi connectivity index (χ1n) is 13.7. The van der Waals surface area contributed by atoms with E-state index in [2.05, 4.69) is 20.0 Å². The summed E-state index contributed by atoms with van der Waals surface area (Å²) in [7, 11) is 0. The molecule has 0 amide bonds. The third kappa shape index (κ3) is 6.08. The van der Waals surface area contributed by atoms with Crippen molar-refractivity contribution < 1.29 is 46.0 Å². The molecule has 2 aromatic carbocycles. The minimum absolute atomic E-state index is 0.111. The predicted molar refractivity (Wildman–Crippen MR) is 161 cm³/mol. The van der Waals surface area contributed by atoms with Crippen molar-refractivity contribution in [1.29, 1.82) is 0 Å². The van der Waals surface area contributed by atoms with E-state index in [9.17, 15) is 23.5 Å². The SMILES string of the molecule is CC(C)OC(=O)[C@H](C)NP(=S)(OC[C@@]1(C(F)F)O[C@@H](n2cnc3c(=O)[nH]c(N)nc32)[C@H](O)C1(F)F)Oc1cccc2ccccc12. The highest BCUT2D eigenvalue weighted by Gasteiger charge is 2.74. The molecule has 3 heterocycles. The maximum Gasteiger partial charge on any atom is 0.323 e. The number of ether oxygens (including phenoxy) is 2. The van der Waals surface area contributed by atoms with Crippen LogP contribution in [0, 0.1) is 0 Å². The first kappa shape index (κ1) is 33.7. The summed E-state index contributed by atoms with van der Waals surface area (Å²) in [4.78, 5) is 34.6. The smallest absolute Gasteiger partial charge is 0.323 e. The van der Waals surface area contributed by atoms with Gasteiger partial charge in [-0.25, -0.2) is 18.9 Å². The van der Waals surface area contributed by atoms with E-state index in [1.807, 2.05) is 0 Å². The molecule has 1 aliphatic heterocycles. The Kier molecular flexibility index (Phi) is 9.15. The van der Waals surface area contributed by atoms with Crippen molar-refractivity contribution in [2.75, 3.05) is 12.3 Å². The van der Waals surface area contributed by atoms with Crippen molar-refractivity contribution in [3.05, 3.63) is 59.1 Å². The molecule has 0 bridgehead atoms. The van der Waals surface area contributed by atoms with Gasteiger partial charge in [-0.05, 0) is 44.0 Å². The first-order chi connectivity index (χ1) is 21.6. The molecule has 5 rings (SSSR count). The van der Waals surface area contributed by atoms with Gasteiger partial charge in [0, 0.05) is 5.39 Å². The number of nitrogens with two attached hydrogens (primary N) is 1. The average molecular weight is 689 g/mol. The Morgan fingerprint density at radius 1 is 1.24 bits per heavy atom. The molecule has 19 heteroatoms. The molecule has 1 unspecified atom stereocenters. The van der Waals surface area contributed by atoms with E-state index in [-0.39, 0.29) is 11.3 Å². The lowest BCUT2D eigenvalue weighted by atomic mass is 9.95. The van der Waals surface area contributed by atoms with Crippen LogP contribution in [-0.2, 0) is 30.6 Å². The van der Waals surface area contributed by atoms with Crippen LogP contribution in [0.1, 0.15) is 27.0 Å². The monoisotopic (exact) mass is 688 g/mol. The van der Waals surface area contributed by atoms with E-state index in [1.54, 1.807) is 50.2 Å². The van der Waals surface area contributed by atoms with Gasteiger partial charge in [0.1, 0.15) is 11.8 Å². The number of halogens is 4. The lowest BCUT2D eigenvalue weighted by Gasteiger charge is -2.35. The minimum Gasteiger partial charge on any atom is -0.462 e. The summed E-state index contributed by atoms with van der Waals surface area (Å²) in [6.07, 6.45) is -8.82.